The van der Waals surface area contributed by atoms with Crippen molar-refractivity contribution in [3.05, 3.63) is 35.4 Å². The summed E-state index contributed by atoms with van der Waals surface area (Å²) >= 11 is 0. The van der Waals surface area contributed by atoms with Crippen molar-refractivity contribution in [3.63, 3.8) is 0 Å². The molecule has 1 aromatic rings. The van der Waals surface area contributed by atoms with E-state index in [-0.39, 0.29) is 18.1 Å². The van der Waals surface area contributed by atoms with E-state index in [4.69, 9.17) is 4.74 Å². The molecule has 2 unspecified atom stereocenters. The third kappa shape index (κ3) is 3.25. The van der Waals surface area contributed by atoms with Gasteiger partial charge in [-0.2, -0.15) is 0 Å². The number of nitrogens with one attached hydrogen (secondary N) is 1. The summed E-state index contributed by atoms with van der Waals surface area (Å²) in [5.41, 5.74) is 2.07. The Labute approximate surface area is 143 Å². The van der Waals surface area contributed by atoms with Gasteiger partial charge in [0.2, 0.25) is 0 Å². The van der Waals surface area contributed by atoms with E-state index in [1.54, 1.807) is 0 Å². The van der Waals surface area contributed by atoms with Gasteiger partial charge in [-0.15, -0.1) is 0 Å². The third-order valence-electron chi connectivity index (χ3n) is 5.31. The maximum atomic E-state index is 12.6. The lowest BCUT2D eigenvalue weighted by atomic mass is 9.86. The highest BCUT2D eigenvalue weighted by molar-refractivity contribution is 5.93. The van der Waals surface area contributed by atoms with Gasteiger partial charge >= 0.3 is 12.1 Å². The van der Waals surface area contributed by atoms with E-state index >= 15 is 0 Å². The van der Waals surface area contributed by atoms with Gasteiger partial charge in [-0.1, -0.05) is 49.6 Å². The van der Waals surface area contributed by atoms with E-state index < -0.39 is 12.2 Å². The summed E-state index contributed by atoms with van der Waals surface area (Å²) < 4.78 is 5.48. The highest BCUT2D eigenvalue weighted by Gasteiger charge is 2.44. The molecule has 0 radical (unpaired) electrons. The Kier molecular flexibility index (Phi) is 4.78. The molecule has 0 spiro atoms. The number of imide groups is 1. The fourth-order valence-electron chi connectivity index (χ4n) is 3.69. The molecule has 1 saturated carbocycles. The van der Waals surface area contributed by atoms with Crippen LogP contribution in [0.3, 0.4) is 0 Å². The SMILES string of the molecule is Cc1ccc([C@@H]2OC(=O)N(C(=O)NC3CCCCC3C)[C@H]2C)cc1. The molecule has 2 fully saturated rings. The lowest BCUT2D eigenvalue weighted by Crippen LogP contribution is -2.50. The molecule has 5 heteroatoms. The molecule has 3 amide bonds. The number of urea groups is 1. The standard InChI is InChI=1S/C19H26N2O3/c1-12-8-10-15(11-9-12)17-14(3)21(19(23)24-17)18(22)20-16-7-5-4-6-13(16)2/h8-11,13-14,16-17H,4-7H2,1-3H3,(H,20,22)/t13?,14-,16?,17+/m0/s1. The first-order valence-electron chi connectivity index (χ1n) is 8.84. The smallest absolute Gasteiger partial charge is 0.419 e. The van der Waals surface area contributed by atoms with Crippen LogP contribution in [0.4, 0.5) is 9.59 Å². The Morgan fingerprint density at radius 3 is 2.50 bits per heavy atom. The summed E-state index contributed by atoms with van der Waals surface area (Å²) in [6, 6.07) is 7.37. The van der Waals surface area contributed by atoms with Gasteiger partial charge in [0.05, 0.1) is 6.04 Å². The van der Waals surface area contributed by atoms with Crippen LogP contribution in [0.15, 0.2) is 24.3 Å². The lowest BCUT2D eigenvalue weighted by molar-refractivity contribution is 0.131. The number of nitrogens with zero attached hydrogens (tertiary/aromatic N) is 1. The fraction of sp³-hybridized carbons (Fsp3) is 0.579. The first-order valence-corrected chi connectivity index (χ1v) is 8.84. The van der Waals surface area contributed by atoms with Crippen molar-refractivity contribution in [2.24, 2.45) is 5.92 Å². The summed E-state index contributed by atoms with van der Waals surface area (Å²) in [6.45, 7) is 6.03. The molecule has 130 valence electrons. The van der Waals surface area contributed by atoms with Crippen LogP contribution in [0.1, 0.15) is 56.8 Å². The number of amides is 3. The van der Waals surface area contributed by atoms with Crippen LogP contribution < -0.4 is 5.32 Å². The average molecular weight is 330 g/mol. The summed E-state index contributed by atoms with van der Waals surface area (Å²) in [4.78, 5) is 26.1. The molecular weight excluding hydrogens is 304 g/mol. The first-order chi connectivity index (χ1) is 11.5. The predicted molar refractivity (Wildman–Crippen MR) is 91.7 cm³/mol. The number of rotatable bonds is 2. The zero-order valence-electron chi connectivity index (χ0n) is 14.6. The molecule has 1 aliphatic heterocycles. The second kappa shape index (κ2) is 6.83. The number of carbonyl (C=O) groups is 2. The number of carbonyl (C=O) groups excluding carboxylic acids is 2. The van der Waals surface area contributed by atoms with Crippen molar-refractivity contribution in [2.75, 3.05) is 0 Å². The minimum Gasteiger partial charge on any atom is -0.439 e. The van der Waals surface area contributed by atoms with E-state index in [2.05, 4.69) is 12.2 Å². The van der Waals surface area contributed by atoms with Gasteiger partial charge in [0.25, 0.3) is 0 Å². The largest absolute Gasteiger partial charge is 0.439 e. The van der Waals surface area contributed by atoms with Gasteiger partial charge < -0.3 is 10.1 Å². The number of benzene rings is 1. The number of cyclic esters (lactones) is 1. The Morgan fingerprint density at radius 1 is 1.17 bits per heavy atom. The molecule has 5 nitrogen and oxygen atoms in total. The number of aryl methyl sites for hydroxylation is 1. The van der Waals surface area contributed by atoms with Crippen LogP contribution in [0.2, 0.25) is 0 Å². The molecule has 1 heterocycles. The van der Waals surface area contributed by atoms with Crippen molar-refractivity contribution < 1.29 is 14.3 Å². The maximum absolute atomic E-state index is 12.6. The second-order valence-corrected chi connectivity index (χ2v) is 7.14. The van der Waals surface area contributed by atoms with Crippen LogP contribution in [-0.4, -0.2) is 29.1 Å². The Morgan fingerprint density at radius 2 is 1.83 bits per heavy atom. The molecule has 4 atom stereocenters. The molecule has 1 aromatic carbocycles. The summed E-state index contributed by atoms with van der Waals surface area (Å²) in [5.74, 6) is 0.449. The number of hydrogen-bond acceptors (Lipinski definition) is 3. The van der Waals surface area contributed by atoms with Gasteiger partial charge in [-0.05, 0) is 38.2 Å². The summed E-state index contributed by atoms with van der Waals surface area (Å²) in [5, 5.41) is 3.04. The first kappa shape index (κ1) is 16.8. The van der Waals surface area contributed by atoms with Crippen molar-refractivity contribution in [2.45, 2.75) is 64.6 Å². The van der Waals surface area contributed by atoms with E-state index in [0.717, 1.165) is 30.4 Å². The fourth-order valence-corrected chi connectivity index (χ4v) is 3.69. The zero-order chi connectivity index (χ0) is 17.3. The van der Waals surface area contributed by atoms with Gasteiger partial charge in [0.15, 0.2) is 0 Å². The molecule has 24 heavy (non-hydrogen) atoms. The molecular formula is C19H26N2O3. The third-order valence-corrected chi connectivity index (χ3v) is 5.31. The van der Waals surface area contributed by atoms with E-state index in [1.165, 1.54) is 11.3 Å². The summed E-state index contributed by atoms with van der Waals surface area (Å²) in [6.07, 6.45) is 3.47. The van der Waals surface area contributed by atoms with Gasteiger partial charge in [0.1, 0.15) is 6.10 Å². The summed E-state index contributed by atoms with van der Waals surface area (Å²) in [7, 11) is 0. The van der Waals surface area contributed by atoms with Crippen molar-refractivity contribution in [1.29, 1.82) is 0 Å². The van der Waals surface area contributed by atoms with Crippen molar-refractivity contribution >= 4 is 12.1 Å². The second-order valence-electron chi connectivity index (χ2n) is 7.14. The normalized spacial score (nSPS) is 30.1. The van der Waals surface area contributed by atoms with Crippen LogP contribution >= 0.6 is 0 Å². The molecule has 0 bridgehead atoms. The van der Waals surface area contributed by atoms with Crippen LogP contribution in [0, 0.1) is 12.8 Å². The molecule has 3 rings (SSSR count). The maximum Gasteiger partial charge on any atom is 0.419 e. The highest BCUT2D eigenvalue weighted by Crippen LogP contribution is 2.33. The molecule has 0 aromatic heterocycles. The monoisotopic (exact) mass is 330 g/mol. The molecule has 1 aliphatic carbocycles. The zero-order valence-corrected chi connectivity index (χ0v) is 14.6. The van der Waals surface area contributed by atoms with Crippen LogP contribution in [0.5, 0.6) is 0 Å². The van der Waals surface area contributed by atoms with Gasteiger partial charge in [-0.25, -0.2) is 14.5 Å². The van der Waals surface area contributed by atoms with Gasteiger partial charge in [0, 0.05) is 6.04 Å². The Bertz CT molecular complexity index is 614. The van der Waals surface area contributed by atoms with Crippen molar-refractivity contribution in [3.8, 4) is 0 Å². The predicted octanol–water partition coefficient (Wildman–Crippen LogP) is 4.17. The Balaban J connectivity index is 1.70. The van der Waals surface area contributed by atoms with E-state index in [0.29, 0.717) is 5.92 Å². The quantitative estimate of drug-likeness (QED) is 0.885. The van der Waals surface area contributed by atoms with E-state index in [1.807, 2.05) is 38.1 Å². The average Bonchev–Trinajstić information content (AvgIpc) is 2.85. The molecule has 1 saturated heterocycles. The lowest BCUT2D eigenvalue weighted by Gasteiger charge is -2.31. The topological polar surface area (TPSA) is 58.6 Å². The minimum absolute atomic E-state index is 0.143. The van der Waals surface area contributed by atoms with Crippen molar-refractivity contribution in [1.82, 2.24) is 10.2 Å². The number of ether oxygens (including phenoxy) is 1. The van der Waals surface area contributed by atoms with Crippen LogP contribution in [0.25, 0.3) is 0 Å². The Hall–Kier alpha value is -2.04. The highest BCUT2D eigenvalue weighted by atomic mass is 16.6. The van der Waals surface area contributed by atoms with Crippen LogP contribution in [-0.2, 0) is 4.74 Å². The number of hydrogen-bond donors (Lipinski definition) is 1. The van der Waals surface area contributed by atoms with Gasteiger partial charge in [-0.3, -0.25) is 0 Å². The van der Waals surface area contributed by atoms with E-state index in [9.17, 15) is 9.59 Å². The molecule has 2 aliphatic rings. The molecule has 1 N–H and O–H groups in total. The minimum atomic E-state index is -0.561.